The summed E-state index contributed by atoms with van der Waals surface area (Å²) >= 11 is 0. The average Bonchev–Trinajstić information content (AvgIpc) is 3.27. The zero-order valence-corrected chi connectivity index (χ0v) is 39.5. The highest BCUT2D eigenvalue weighted by atomic mass is 16.6. The van der Waals surface area contributed by atoms with Gasteiger partial charge in [-0.1, -0.05) is 48.5 Å². The third-order valence-corrected chi connectivity index (χ3v) is 11.4. The first-order chi connectivity index (χ1) is 31.2. The Morgan fingerprint density at radius 2 is 0.803 bits per heavy atom. The van der Waals surface area contributed by atoms with Gasteiger partial charge in [-0.25, -0.2) is 9.59 Å². The number of rotatable bonds is 14. The Morgan fingerprint density at radius 3 is 1.14 bits per heavy atom. The van der Waals surface area contributed by atoms with E-state index in [-0.39, 0.29) is 74.5 Å². The highest BCUT2D eigenvalue weighted by Crippen LogP contribution is 2.16. The number of hydrogen-bond donors (Lipinski definition) is 2. The van der Waals surface area contributed by atoms with Crippen LogP contribution in [0.2, 0.25) is 0 Å². The van der Waals surface area contributed by atoms with E-state index in [0.717, 1.165) is 22.3 Å². The summed E-state index contributed by atoms with van der Waals surface area (Å²) in [5, 5.41) is 5.49. The SMILES string of the molecule is CC(C)(C)OC(=O)NCc1cccc(CCC(=O)N2CCN(C(=O)CN3CCC(=O)N(CC(=O)N4CCN(C(=O)CCc5cccc(CNC(=O)OC(C)(C)C)c5)CC4)CCC3=O)CC2)c1. The molecule has 3 fully saturated rings. The number of aryl methyl sites for hydroxylation is 2. The number of alkyl carbamates (subject to hydrolysis) is 2. The van der Waals surface area contributed by atoms with Crippen molar-refractivity contribution in [3.63, 3.8) is 0 Å². The number of carbonyl (C=O) groups excluding carboxylic acids is 8. The number of ether oxygens (including phenoxy) is 2. The van der Waals surface area contributed by atoms with E-state index < -0.39 is 23.4 Å². The molecule has 0 radical (unpaired) electrons. The van der Waals surface area contributed by atoms with Gasteiger partial charge in [-0.05, 0) is 76.6 Å². The molecule has 2 aromatic rings. The quantitative estimate of drug-likeness (QED) is 0.284. The third-order valence-electron chi connectivity index (χ3n) is 11.4. The van der Waals surface area contributed by atoms with Crippen molar-refractivity contribution < 1.29 is 47.8 Å². The zero-order valence-electron chi connectivity index (χ0n) is 39.5. The molecule has 2 N–H and O–H groups in total. The van der Waals surface area contributed by atoms with Crippen LogP contribution in [0.1, 0.15) is 89.5 Å². The molecule has 0 aliphatic carbocycles. The first kappa shape index (κ1) is 50.8. The molecule has 3 heterocycles. The minimum Gasteiger partial charge on any atom is -0.444 e. The van der Waals surface area contributed by atoms with Gasteiger partial charge in [-0.2, -0.15) is 0 Å². The molecule has 18 heteroatoms. The van der Waals surface area contributed by atoms with Crippen molar-refractivity contribution >= 4 is 47.6 Å². The number of carbonyl (C=O) groups is 8. The molecule has 2 aromatic carbocycles. The molecule has 3 aliphatic heterocycles. The number of amides is 8. The van der Waals surface area contributed by atoms with Crippen molar-refractivity contribution in [3.05, 3.63) is 70.8 Å². The van der Waals surface area contributed by atoms with Crippen molar-refractivity contribution in [1.29, 1.82) is 0 Å². The van der Waals surface area contributed by atoms with Crippen LogP contribution in [-0.4, -0.2) is 167 Å². The smallest absolute Gasteiger partial charge is 0.407 e. The van der Waals surface area contributed by atoms with Crippen LogP contribution in [0.4, 0.5) is 9.59 Å². The molecule has 8 amide bonds. The van der Waals surface area contributed by atoms with E-state index in [1.165, 1.54) is 9.80 Å². The summed E-state index contributed by atoms with van der Waals surface area (Å²) in [6.45, 7) is 14.0. The Morgan fingerprint density at radius 1 is 0.485 bits per heavy atom. The monoisotopic (exact) mass is 917 g/mol. The number of benzene rings is 2. The summed E-state index contributed by atoms with van der Waals surface area (Å²) in [5.41, 5.74) is 2.54. The Bertz CT molecular complexity index is 1920. The van der Waals surface area contributed by atoms with Crippen LogP contribution in [0.3, 0.4) is 0 Å². The van der Waals surface area contributed by atoms with Gasteiger partial charge < -0.3 is 49.5 Å². The van der Waals surface area contributed by atoms with E-state index in [4.69, 9.17) is 9.47 Å². The molecule has 5 rings (SSSR count). The molecule has 0 unspecified atom stereocenters. The number of piperazine rings is 2. The first-order valence-electron chi connectivity index (χ1n) is 23.0. The lowest BCUT2D eigenvalue weighted by molar-refractivity contribution is -0.148. The molecule has 3 saturated heterocycles. The van der Waals surface area contributed by atoms with Gasteiger partial charge >= 0.3 is 12.2 Å². The van der Waals surface area contributed by atoms with Crippen molar-refractivity contribution in [2.75, 3.05) is 78.5 Å². The topological polar surface area (TPSA) is 199 Å². The summed E-state index contributed by atoms with van der Waals surface area (Å²) in [7, 11) is 0. The summed E-state index contributed by atoms with van der Waals surface area (Å²) in [6, 6.07) is 15.4. The highest BCUT2D eigenvalue weighted by Gasteiger charge is 2.31. The maximum atomic E-state index is 13.3. The van der Waals surface area contributed by atoms with Gasteiger partial charge in [0, 0.05) is 104 Å². The minimum atomic E-state index is -0.592. The van der Waals surface area contributed by atoms with Crippen LogP contribution in [0.5, 0.6) is 0 Å². The third kappa shape index (κ3) is 16.7. The minimum absolute atomic E-state index is 0.0178. The molecule has 0 bridgehead atoms. The second-order valence-electron chi connectivity index (χ2n) is 19.0. The predicted molar refractivity (Wildman–Crippen MR) is 244 cm³/mol. The first-order valence-corrected chi connectivity index (χ1v) is 23.0. The van der Waals surface area contributed by atoms with E-state index in [9.17, 15) is 38.4 Å². The Labute approximate surface area is 388 Å². The van der Waals surface area contributed by atoms with Crippen LogP contribution in [0.15, 0.2) is 48.5 Å². The molecule has 3 aliphatic rings. The lowest BCUT2D eigenvalue weighted by Crippen LogP contribution is -2.55. The standard InChI is InChI=1S/C48H68N8O10/c1-47(2,3)65-45(63)49-31-37-11-7-9-35(29-37)13-15-39(57)51-21-25-53(26-22-51)43(61)33-55-19-17-42(60)56(20-18-41(55)59)34-44(62)54-27-23-52(24-28-54)40(58)16-14-36-10-8-12-38(30-36)32-50-46(64)66-48(4,5)6/h7-12,29-30H,13-28,31-34H2,1-6H3,(H,49,63)(H,50,64). The van der Waals surface area contributed by atoms with Crippen LogP contribution >= 0.6 is 0 Å². The van der Waals surface area contributed by atoms with Crippen LogP contribution in [-0.2, 0) is 64.2 Å². The zero-order chi connectivity index (χ0) is 48.0. The van der Waals surface area contributed by atoms with Crippen molar-refractivity contribution in [2.24, 2.45) is 0 Å². The van der Waals surface area contributed by atoms with Crippen molar-refractivity contribution in [1.82, 2.24) is 40.0 Å². The van der Waals surface area contributed by atoms with Crippen LogP contribution in [0, 0.1) is 0 Å². The number of nitrogens with zero attached hydrogens (tertiary/aromatic N) is 6. The van der Waals surface area contributed by atoms with E-state index in [2.05, 4.69) is 10.6 Å². The molecular weight excluding hydrogens is 849 g/mol. The van der Waals surface area contributed by atoms with Crippen molar-refractivity contribution in [2.45, 2.75) is 104 Å². The molecule has 18 nitrogen and oxygen atoms in total. The Kier molecular flexibility index (Phi) is 17.9. The van der Waals surface area contributed by atoms with Gasteiger partial charge in [0.15, 0.2) is 0 Å². The van der Waals surface area contributed by atoms with Gasteiger partial charge in [0.2, 0.25) is 35.4 Å². The van der Waals surface area contributed by atoms with Crippen LogP contribution in [0.25, 0.3) is 0 Å². The maximum absolute atomic E-state index is 13.3. The molecule has 66 heavy (non-hydrogen) atoms. The number of hydrogen-bond acceptors (Lipinski definition) is 10. The van der Waals surface area contributed by atoms with Crippen molar-refractivity contribution in [3.8, 4) is 0 Å². The van der Waals surface area contributed by atoms with Gasteiger partial charge in [0.25, 0.3) is 0 Å². The average molecular weight is 917 g/mol. The van der Waals surface area contributed by atoms with E-state index in [0.29, 0.717) is 91.1 Å². The van der Waals surface area contributed by atoms with Gasteiger partial charge in [0.05, 0.1) is 13.1 Å². The lowest BCUT2D eigenvalue weighted by Gasteiger charge is -2.37. The van der Waals surface area contributed by atoms with Gasteiger partial charge in [-0.15, -0.1) is 0 Å². The second kappa shape index (κ2) is 23.3. The molecular formula is C48H68N8O10. The summed E-state index contributed by atoms with van der Waals surface area (Å²) in [4.78, 5) is 113. The van der Waals surface area contributed by atoms with Gasteiger partial charge in [-0.3, -0.25) is 28.8 Å². The summed E-state index contributed by atoms with van der Waals surface area (Å²) < 4.78 is 10.6. The molecule has 0 aromatic heterocycles. The Balaban J connectivity index is 0.969. The largest absolute Gasteiger partial charge is 0.444 e. The Hall–Kier alpha value is -6.20. The fourth-order valence-electron chi connectivity index (χ4n) is 7.88. The maximum Gasteiger partial charge on any atom is 0.407 e. The second-order valence-corrected chi connectivity index (χ2v) is 19.0. The fraction of sp³-hybridized carbons (Fsp3) is 0.583. The van der Waals surface area contributed by atoms with Crippen LogP contribution < -0.4 is 10.6 Å². The molecule has 0 saturated carbocycles. The molecule has 0 spiro atoms. The molecule has 360 valence electrons. The lowest BCUT2D eigenvalue weighted by atomic mass is 10.1. The predicted octanol–water partition coefficient (Wildman–Crippen LogP) is 3.09. The van der Waals surface area contributed by atoms with E-state index in [1.54, 1.807) is 61.1 Å². The van der Waals surface area contributed by atoms with Gasteiger partial charge in [0.1, 0.15) is 11.2 Å². The molecule has 0 atom stereocenters. The number of nitrogens with one attached hydrogen (secondary N) is 2. The normalized spacial score (nSPS) is 16.3. The van der Waals surface area contributed by atoms with E-state index >= 15 is 0 Å². The summed E-state index contributed by atoms with van der Waals surface area (Å²) in [6.07, 6.45) is 0.601. The van der Waals surface area contributed by atoms with E-state index in [1.807, 2.05) is 48.5 Å². The fourth-order valence-corrected chi connectivity index (χ4v) is 7.88. The highest BCUT2D eigenvalue weighted by molar-refractivity contribution is 5.89. The summed E-state index contributed by atoms with van der Waals surface area (Å²) in [5.74, 6) is -1.08.